The number of carbonyl (C=O) groups is 1. The second kappa shape index (κ2) is 9.77. The van der Waals surface area contributed by atoms with Crippen LogP contribution in [0.3, 0.4) is 0 Å². The molecule has 1 unspecified atom stereocenters. The third-order valence-electron chi connectivity index (χ3n) is 2.71. The van der Waals surface area contributed by atoms with Crippen molar-refractivity contribution in [3.63, 3.8) is 0 Å². The van der Waals surface area contributed by atoms with Crippen LogP contribution in [0, 0.1) is 0 Å². The number of carbonyl (C=O) groups excluding carboxylic acids is 1. The standard InChI is InChI=1S/C15H22BrNO3/c1-3-4-9-20-14-7-5-12(6-8-14)15(18)17-10-13(16)11-19-2/h5-8,13H,3-4,9-11H2,1-2H3,(H,17,18). The lowest BCUT2D eigenvalue weighted by Gasteiger charge is -2.10. The van der Waals surface area contributed by atoms with E-state index in [0.717, 1.165) is 18.6 Å². The van der Waals surface area contributed by atoms with E-state index in [4.69, 9.17) is 9.47 Å². The van der Waals surface area contributed by atoms with Crippen molar-refractivity contribution in [2.75, 3.05) is 26.9 Å². The maximum atomic E-state index is 11.9. The summed E-state index contributed by atoms with van der Waals surface area (Å²) >= 11 is 3.43. The van der Waals surface area contributed by atoms with Crippen LogP contribution in [0.2, 0.25) is 0 Å². The van der Waals surface area contributed by atoms with Gasteiger partial charge in [0.25, 0.3) is 5.91 Å². The van der Waals surface area contributed by atoms with Crippen molar-refractivity contribution >= 4 is 21.8 Å². The van der Waals surface area contributed by atoms with Crippen molar-refractivity contribution in [3.8, 4) is 5.75 Å². The summed E-state index contributed by atoms with van der Waals surface area (Å²) in [5.41, 5.74) is 0.630. The molecule has 0 bridgehead atoms. The van der Waals surface area contributed by atoms with Crippen molar-refractivity contribution in [1.29, 1.82) is 0 Å². The van der Waals surface area contributed by atoms with E-state index in [1.807, 2.05) is 12.1 Å². The molecule has 0 spiro atoms. The van der Waals surface area contributed by atoms with Gasteiger partial charge in [0.1, 0.15) is 5.75 Å². The van der Waals surface area contributed by atoms with E-state index in [-0.39, 0.29) is 10.7 Å². The van der Waals surface area contributed by atoms with Crippen LogP contribution in [0.1, 0.15) is 30.1 Å². The fourth-order valence-corrected chi connectivity index (χ4v) is 2.01. The minimum atomic E-state index is -0.0920. The lowest BCUT2D eigenvalue weighted by Crippen LogP contribution is -2.31. The number of ether oxygens (including phenoxy) is 2. The summed E-state index contributed by atoms with van der Waals surface area (Å²) in [6.07, 6.45) is 2.14. The zero-order valence-electron chi connectivity index (χ0n) is 12.0. The second-order valence-corrected chi connectivity index (χ2v) is 5.78. The normalized spacial score (nSPS) is 11.9. The molecule has 0 heterocycles. The van der Waals surface area contributed by atoms with Crippen molar-refractivity contribution in [2.45, 2.75) is 24.6 Å². The number of amides is 1. The van der Waals surface area contributed by atoms with Crippen molar-refractivity contribution in [1.82, 2.24) is 5.32 Å². The van der Waals surface area contributed by atoms with Crippen LogP contribution >= 0.6 is 15.9 Å². The first-order chi connectivity index (χ1) is 9.67. The molecule has 1 atom stereocenters. The molecule has 0 saturated carbocycles. The van der Waals surface area contributed by atoms with Gasteiger partial charge in [-0.05, 0) is 30.7 Å². The highest BCUT2D eigenvalue weighted by Crippen LogP contribution is 2.12. The molecule has 0 radical (unpaired) electrons. The van der Waals surface area contributed by atoms with Crippen molar-refractivity contribution < 1.29 is 14.3 Å². The highest BCUT2D eigenvalue weighted by atomic mass is 79.9. The molecule has 1 rings (SSSR count). The fraction of sp³-hybridized carbons (Fsp3) is 0.533. The number of methoxy groups -OCH3 is 1. The van der Waals surface area contributed by atoms with E-state index in [9.17, 15) is 4.79 Å². The van der Waals surface area contributed by atoms with E-state index in [0.29, 0.717) is 25.3 Å². The first-order valence-corrected chi connectivity index (χ1v) is 7.73. The van der Waals surface area contributed by atoms with E-state index >= 15 is 0 Å². The molecule has 1 amide bonds. The SMILES string of the molecule is CCCCOc1ccc(C(=O)NCC(Br)COC)cc1. The summed E-state index contributed by atoms with van der Waals surface area (Å²) in [6, 6.07) is 7.20. The lowest BCUT2D eigenvalue weighted by molar-refractivity contribution is 0.0950. The maximum Gasteiger partial charge on any atom is 0.251 e. The zero-order chi connectivity index (χ0) is 14.8. The van der Waals surface area contributed by atoms with Crippen LogP contribution in [-0.2, 0) is 4.74 Å². The summed E-state index contributed by atoms with van der Waals surface area (Å²) in [7, 11) is 1.63. The number of benzene rings is 1. The summed E-state index contributed by atoms with van der Waals surface area (Å²) < 4.78 is 10.5. The number of hydrogen-bond donors (Lipinski definition) is 1. The summed E-state index contributed by atoms with van der Waals surface area (Å²) in [5.74, 6) is 0.707. The van der Waals surface area contributed by atoms with Gasteiger partial charge < -0.3 is 14.8 Å². The number of unbranched alkanes of at least 4 members (excludes halogenated alkanes) is 1. The topological polar surface area (TPSA) is 47.6 Å². The molecule has 112 valence electrons. The zero-order valence-corrected chi connectivity index (χ0v) is 13.6. The summed E-state index contributed by atoms with van der Waals surface area (Å²) in [4.78, 5) is 12.0. The fourth-order valence-electron chi connectivity index (χ4n) is 1.58. The monoisotopic (exact) mass is 343 g/mol. The number of alkyl halides is 1. The Morgan fingerprint density at radius 3 is 2.65 bits per heavy atom. The number of nitrogens with one attached hydrogen (secondary N) is 1. The molecule has 0 fully saturated rings. The van der Waals surface area contributed by atoms with E-state index < -0.39 is 0 Å². The van der Waals surface area contributed by atoms with Gasteiger partial charge in [0.15, 0.2) is 0 Å². The van der Waals surface area contributed by atoms with Crippen LogP contribution in [0.15, 0.2) is 24.3 Å². The first-order valence-electron chi connectivity index (χ1n) is 6.81. The largest absolute Gasteiger partial charge is 0.494 e. The predicted molar refractivity (Wildman–Crippen MR) is 83.8 cm³/mol. The predicted octanol–water partition coefficient (Wildman–Crippen LogP) is 3.01. The van der Waals surface area contributed by atoms with Gasteiger partial charge in [-0.1, -0.05) is 29.3 Å². The highest BCUT2D eigenvalue weighted by molar-refractivity contribution is 9.09. The molecule has 0 aliphatic rings. The molecule has 1 aromatic carbocycles. The Kier molecular flexibility index (Phi) is 8.30. The van der Waals surface area contributed by atoms with Crippen LogP contribution in [0.5, 0.6) is 5.75 Å². The molecular weight excluding hydrogens is 322 g/mol. The Morgan fingerprint density at radius 1 is 1.35 bits per heavy atom. The number of hydrogen-bond acceptors (Lipinski definition) is 3. The maximum absolute atomic E-state index is 11.9. The molecule has 5 heteroatoms. The number of halogens is 1. The van der Waals surface area contributed by atoms with Gasteiger partial charge in [0.05, 0.1) is 18.0 Å². The average molecular weight is 344 g/mol. The molecular formula is C15H22BrNO3. The summed E-state index contributed by atoms with van der Waals surface area (Å²) in [6.45, 7) is 3.92. The van der Waals surface area contributed by atoms with Crippen LogP contribution in [0.25, 0.3) is 0 Å². The van der Waals surface area contributed by atoms with E-state index in [1.165, 1.54) is 0 Å². The van der Waals surface area contributed by atoms with Gasteiger partial charge in [-0.3, -0.25) is 4.79 Å². The van der Waals surface area contributed by atoms with Crippen molar-refractivity contribution in [2.24, 2.45) is 0 Å². The molecule has 20 heavy (non-hydrogen) atoms. The molecule has 1 aromatic rings. The Bertz CT molecular complexity index is 395. The van der Waals surface area contributed by atoms with Gasteiger partial charge in [0, 0.05) is 19.2 Å². The minimum absolute atomic E-state index is 0.0920. The Hall–Kier alpha value is -1.07. The Labute approximate surface area is 129 Å². The van der Waals surface area contributed by atoms with Crippen LogP contribution in [-0.4, -0.2) is 37.6 Å². The molecule has 0 saturated heterocycles. The number of rotatable bonds is 9. The van der Waals surface area contributed by atoms with Crippen molar-refractivity contribution in [3.05, 3.63) is 29.8 Å². The van der Waals surface area contributed by atoms with Crippen LogP contribution in [0.4, 0.5) is 0 Å². The second-order valence-electron chi connectivity index (χ2n) is 4.49. The summed E-state index contributed by atoms with van der Waals surface area (Å²) in [5, 5.41) is 2.85. The first kappa shape index (κ1) is 17.0. The Balaban J connectivity index is 2.40. The highest BCUT2D eigenvalue weighted by Gasteiger charge is 2.08. The van der Waals surface area contributed by atoms with Crippen LogP contribution < -0.4 is 10.1 Å². The quantitative estimate of drug-likeness (QED) is 0.553. The third-order valence-corrected chi connectivity index (χ3v) is 3.30. The van der Waals surface area contributed by atoms with Gasteiger partial charge >= 0.3 is 0 Å². The van der Waals surface area contributed by atoms with Gasteiger partial charge in [-0.25, -0.2) is 0 Å². The third kappa shape index (κ3) is 6.39. The molecule has 0 aliphatic heterocycles. The lowest BCUT2D eigenvalue weighted by atomic mass is 10.2. The molecule has 0 aromatic heterocycles. The average Bonchev–Trinajstić information content (AvgIpc) is 2.46. The van der Waals surface area contributed by atoms with Gasteiger partial charge in [-0.2, -0.15) is 0 Å². The minimum Gasteiger partial charge on any atom is -0.494 e. The Morgan fingerprint density at radius 2 is 2.05 bits per heavy atom. The molecule has 0 aliphatic carbocycles. The van der Waals surface area contributed by atoms with E-state index in [1.54, 1.807) is 19.2 Å². The van der Waals surface area contributed by atoms with E-state index in [2.05, 4.69) is 28.2 Å². The van der Waals surface area contributed by atoms with Gasteiger partial charge in [-0.15, -0.1) is 0 Å². The molecule has 1 N–H and O–H groups in total. The van der Waals surface area contributed by atoms with Gasteiger partial charge in [0.2, 0.25) is 0 Å². The smallest absolute Gasteiger partial charge is 0.251 e. The molecule has 4 nitrogen and oxygen atoms in total.